The van der Waals surface area contributed by atoms with E-state index in [9.17, 15) is 0 Å². The number of benzene rings is 1. The van der Waals surface area contributed by atoms with Crippen molar-refractivity contribution in [3.8, 4) is 5.75 Å². The number of hydrogen-bond donors (Lipinski definition) is 3. The van der Waals surface area contributed by atoms with Gasteiger partial charge in [0.2, 0.25) is 0 Å². The second-order valence-electron chi connectivity index (χ2n) is 4.05. The van der Waals surface area contributed by atoms with Crippen molar-refractivity contribution in [3.05, 3.63) is 41.7 Å². The van der Waals surface area contributed by atoms with Crippen LogP contribution in [0.5, 0.6) is 5.75 Å². The number of hydrogen-bond acceptors (Lipinski definition) is 6. The Balaban J connectivity index is 2.10. The van der Waals surface area contributed by atoms with E-state index in [1.807, 2.05) is 31.2 Å². The largest absolute Gasteiger partial charge is 0.497 e. The lowest BCUT2D eigenvalue weighted by atomic mass is 10.2. The molecule has 6 heteroatoms. The van der Waals surface area contributed by atoms with Crippen molar-refractivity contribution in [2.24, 2.45) is 5.84 Å². The Morgan fingerprint density at radius 2 is 2.05 bits per heavy atom. The van der Waals surface area contributed by atoms with Gasteiger partial charge in [0.05, 0.1) is 7.11 Å². The van der Waals surface area contributed by atoms with E-state index in [2.05, 4.69) is 20.7 Å². The van der Waals surface area contributed by atoms with Crippen molar-refractivity contribution in [1.29, 1.82) is 0 Å². The monoisotopic (exact) mass is 259 g/mol. The maximum atomic E-state index is 5.38. The molecule has 100 valence electrons. The summed E-state index contributed by atoms with van der Waals surface area (Å²) in [6.07, 6.45) is 1.47. The van der Waals surface area contributed by atoms with Gasteiger partial charge in [-0.3, -0.25) is 0 Å². The average Bonchev–Trinajstić information content (AvgIpc) is 2.46. The van der Waals surface area contributed by atoms with E-state index in [0.717, 1.165) is 22.7 Å². The van der Waals surface area contributed by atoms with Gasteiger partial charge < -0.3 is 15.5 Å². The van der Waals surface area contributed by atoms with Gasteiger partial charge in [-0.2, -0.15) is 0 Å². The topological polar surface area (TPSA) is 85.1 Å². The molecule has 0 unspecified atom stereocenters. The highest BCUT2D eigenvalue weighted by molar-refractivity contribution is 5.55. The number of nitrogens with two attached hydrogens (primary N) is 1. The highest BCUT2D eigenvalue weighted by Crippen LogP contribution is 2.19. The van der Waals surface area contributed by atoms with Crippen LogP contribution in [0.4, 0.5) is 11.6 Å². The summed E-state index contributed by atoms with van der Waals surface area (Å²) in [5.74, 6) is 7.59. The van der Waals surface area contributed by atoms with Crippen molar-refractivity contribution in [3.63, 3.8) is 0 Å². The molecule has 0 radical (unpaired) electrons. The molecule has 19 heavy (non-hydrogen) atoms. The van der Waals surface area contributed by atoms with Crippen LogP contribution >= 0.6 is 0 Å². The van der Waals surface area contributed by atoms with Gasteiger partial charge in [0.15, 0.2) is 0 Å². The Morgan fingerprint density at radius 1 is 1.26 bits per heavy atom. The summed E-state index contributed by atoms with van der Waals surface area (Å²) in [4.78, 5) is 8.23. The maximum absolute atomic E-state index is 5.38. The van der Waals surface area contributed by atoms with Gasteiger partial charge >= 0.3 is 0 Å². The molecule has 6 nitrogen and oxygen atoms in total. The first-order valence-electron chi connectivity index (χ1n) is 5.89. The normalized spacial score (nSPS) is 10.1. The predicted octanol–water partition coefficient (Wildman–Crippen LogP) is 1.69. The first kappa shape index (κ1) is 13.1. The first-order valence-corrected chi connectivity index (χ1v) is 5.89. The Labute approximate surface area is 112 Å². The van der Waals surface area contributed by atoms with Crippen molar-refractivity contribution in [1.82, 2.24) is 9.97 Å². The molecule has 0 saturated carbocycles. The van der Waals surface area contributed by atoms with E-state index >= 15 is 0 Å². The molecule has 0 bridgehead atoms. The summed E-state index contributed by atoms with van der Waals surface area (Å²) in [7, 11) is 1.65. The Bertz CT molecular complexity index is 558. The van der Waals surface area contributed by atoms with Gasteiger partial charge in [0, 0.05) is 12.1 Å². The van der Waals surface area contributed by atoms with E-state index in [4.69, 9.17) is 10.6 Å². The number of anilines is 2. The van der Waals surface area contributed by atoms with Crippen LogP contribution in [0.1, 0.15) is 11.1 Å². The molecular formula is C13H17N5O. The minimum absolute atomic E-state index is 0.614. The zero-order valence-corrected chi connectivity index (χ0v) is 11.0. The molecule has 0 fully saturated rings. The predicted molar refractivity (Wildman–Crippen MR) is 74.9 cm³/mol. The summed E-state index contributed by atoms with van der Waals surface area (Å²) in [5, 5.41) is 3.25. The number of nitrogens with zero attached hydrogens (tertiary/aromatic N) is 2. The maximum Gasteiger partial charge on any atom is 0.148 e. The molecule has 2 aromatic rings. The van der Waals surface area contributed by atoms with Crippen LogP contribution in [0.25, 0.3) is 0 Å². The summed E-state index contributed by atoms with van der Waals surface area (Å²) in [6, 6.07) is 7.87. The standard InChI is InChI=1S/C13H17N5O/c1-9-12(16-8-17-13(9)18-14)15-7-10-4-3-5-11(6-10)19-2/h3-6,8H,7,14H2,1-2H3,(H2,15,16,17,18). The lowest BCUT2D eigenvalue weighted by Crippen LogP contribution is -2.12. The SMILES string of the molecule is COc1cccc(CNc2ncnc(NN)c2C)c1. The molecule has 0 aliphatic carbocycles. The fourth-order valence-electron chi connectivity index (χ4n) is 1.74. The molecule has 1 heterocycles. The number of nitrogen functional groups attached to an aromatic ring is 1. The van der Waals surface area contributed by atoms with Gasteiger partial charge in [0.25, 0.3) is 0 Å². The summed E-state index contributed by atoms with van der Waals surface area (Å²) in [5.41, 5.74) is 4.53. The van der Waals surface area contributed by atoms with Crippen LogP contribution in [0.2, 0.25) is 0 Å². The third-order valence-electron chi connectivity index (χ3n) is 2.81. The van der Waals surface area contributed by atoms with Crippen LogP contribution in [0, 0.1) is 6.92 Å². The zero-order chi connectivity index (χ0) is 13.7. The summed E-state index contributed by atoms with van der Waals surface area (Å²) >= 11 is 0. The van der Waals surface area contributed by atoms with Gasteiger partial charge in [-0.05, 0) is 24.6 Å². The summed E-state index contributed by atoms with van der Waals surface area (Å²) in [6.45, 7) is 2.56. The Morgan fingerprint density at radius 3 is 2.79 bits per heavy atom. The smallest absolute Gasteiger partial charge is 0.148 e. The van der Waals surface area contributed by atoms with Crippen molar-refractivity contribution in [2.75, 3.05) is 17.9 Å². The van der Waals surface area contributed by atoms with Crippen LogP contribution in [-0.2, 0) is 6.54 Å². The zero-order valence-electron chi connectivity index (χ0n) is 11.0. The minimum atomic E-state index is 0.614. The quantitative estimate of drug-likeness (QED) is 0.559. The number of aromatic nitrogens is 2. The first-order chi connectivity index (χ1) is 9.24. The number of rotatable bonds is 5. The fraction of sp³-hybridized carbons (Fsp3) is 0.231. The Hall–Kier alpha value is -2.34. The molecular weight excluding hydrogens is 242 g/mol. The van der Waals surface area contributed by atoms with Crippen molar-refractivity contribution < 1.29 is 4.74 Å². The highest BCUT2D eigenvalue weighted by Gasteiger charge is 2.05. The van der Waals surface area contributed by atoms with Crippen LogP contribution in [0.15, 0.2) is 30.6 Å². The third kappa shape index (κ3) is 3.11. The van der Waals surface area contributed by atoms with Crippen LogP contribution in [-0.4, -0.2) is 17.1 Å². The van der Waals surface area contributed by atoms with Gasteiger partial charge in [-0.1, -0.05) is 12.1 Å². The molecule has 0 saturated heterocycles. The second kappa shape index (κ2) is 6.01. The molecule has 0 aliphatic rings. The van der Waals surface area contributed by atoms with Gasteiger partial charge in [-0.25, -0.2) is 15.8 Å². The minimum Gasteiger partial charge on any atom is -0.497 e. The van der Waals surface area contributed by atoms with Crippen LogP contribution < -0.4 is 21.3 Å². The number of ether oxygens (including phenoxy) is 1. The molecule has 1 aromatic heterocycles. The second-order valence-corrected chi connectivity index (χ2v) is 4.05. The van der Waals surface area contributed by atoms with Crippen molar-refractivity contribution in [2.45, 2.75) is 13.5 Å². The molecule has 0 amide bonds. The van der Waals surface area contributed by atoms with Gasteiger partial charge in [0.1, 0.15) is 23.7 Å². The third-order valence-corrected chi connectivity index (χ3v) is 2.81. The lowest BCUT2D eigenvalue weighted by molar-refractivity contribution is 0.414. The fourth-order valence-corrected chi connectivity index (χ4v) is 1.74. The van der Waals surface area contributed by atoms with E-state index in [1.165, 1.54) is 6.33 Å². The number of hydrazine groups is 1. The molecule has 0 atom stereocenters. The van der Waals surface area contributed by atoms with Crippen LogP contribution in [0.3, 0.4) is 0 Å². The van der Waals surface area contributed by atoms with E-state index in [0.29, 0.717) is 12.4 Å². The molecule has 0 aliphatic heterocycles. The van der Waals surface area contributed by atoms with Gasteiger partial charge in [-0.15, -0.1) is 0 Å². The van der Waals surface area contributed by atoms with E-state index < -0.39 is 0 Å². The molecule has 1 aromatic carbocycles. The summed E-state index contributed by atoms with van der Waals surface area (Å²) < 4.78 is 5.19. The molecule has 2 rings (SSSR count). The van der Waals surface area contributed by atoms with E-state index in [1.54, 1.807) is 7.11 Å². The highest BCUT2D eigenvalue weighted by atomic mass is 16.5. The Kier molecular flexibility index (Phi) is 4.15. The van der Waals surface area contributed by atoms with E-state index in [-0.39, 0.29) is 0 Å². The molecule has 4 N–H and O–H groups in total. The molecule has 0 spiro atoms. The lowest BCUT2D eigenvalue weighted by Gasteiger charge is -2.11. The average molecular weight is 259 g/mol. The number of methoxy groups -OCH3 is 1. The number of nitrogens with one attached hydrogen (secondary N) is 2. The van der Waals surface area contributed by atoms with Crippen molar-refractivity contribution >= 4 is 11.6 Å².